The lowest BCUT2D eigenvalue weighted by Crippen LogP contribution is -2.18. The second-order valence-corrected chi connectivity index (χ2v) is 6.77. The van der Waals surface area contributed by atoms with Gasteiger partial charge < -0.3 is 20.1 Å². The van der Waals surface area contributed by atoms with Crippen LogP contribution >= 0.6 is 11.8 Å². The van der Waals surface area contributed by atoms with E-state index in [1.54, 1.807) is 31.2 Å². The van der Waals surface area contributed by atoms with Crippen LogP contribution in [-0.2, 0) is 16.1 Å². The molecule has 1 aromatic carbocycles. The first-order valence-corrected chi connectivity index (χ1v) is 9.77. The number of H-pyrrole nitrogens is 1. The largest absolute Gasteiger partial charge is 0.462 e. The van der Waals surface area contributed by atoms with Gasteiger partial charge in [0.05, 0.1) is 43.0 Å². The molecule has 3 rings (SSSR count). The normalized spacial score (nSPS) is 10.8. The molecule has 0 spiro atoms. The van der Waals surface area contributed by atoms with E-state index < -0.39 is 5.97 Å². The van der Waals surface area contributed by atoms with Gasteiger partial charge in [0.25, 0.3) is 5.56 Å². The van der Waals surface area contributed by atoms with Crippen LogP contribution in [0.1, 0.15) is 17.3 Å². The zero-order chi connectivity index (χ0) is 20.8. The predicted octanol–water partition coefficient (Wildman–Crippen LogP) is 1.02. The van der Waals surface area contributed by atoms with E-state index in [1.807, 2.05) is 0 Å². The maximum Gasteiger partial charge on any atom is 0.340 e. The molecule has 0 saturated heterocycles. The van der Waals surface area contributed by atoms with Crippen LogP contribution in [0, 0.1) is 0 Å². The molecule has 0 bridgehead atoms. The Kier molecular flexibility index (Phi) is 6.62. The number of aliphatic hydroxyl groups is 1. The number of aromatic nitrogens is 4. The molecule has 0 unspecified atom stereocenters. The van der Waals surface area contributed by atoms with Crippen LogP contribution in [0.25, 0.3) is 11.0 Å². The third-order valence-electron chi connectivity index (χ3n) is 3.83. The molecule has 3 aromatic rings. The Labute approximate surface area is 169 Å². The Balaban J connectivity index is 1.71. The molecule has 152 valence electrons. The topological polar surface area (TPSA) is 139 Å². The number of para-hydroxylation sites is 1. The smallest absolute Gasteiger partial charge is 0.340 e. The summed E-state index contributed by atoms with van der Waals surface area (Å²) in [5, 5.41) is 16.3. The summed E-state index contributed by atoms with van der Waals surface area (Å²) < 4.78 is 6.41. The summed E-state index contributed by atoms with van der Waals surface area (Å²) in [7, 11) is 0. The van der Waals surface area contributed by atoms with Crippen molar-refractivity contribution in [2.75, 3.05) is 24.3 Å². The summed E-state index contributed by atoms with van der Waals surface area (Å²) in [5.74, 6) is -0.942. The first-order chi connectivity index (χ1) is 14.0. The SMILES string of the molecule is CCOC(=O)c1ccccc1NC(=O)CSc1nc2c(cnn2CCO)c(=O)[nH]1. The molecule has 2 heterocycles. The molecule has 3 N–H and O–H groups in total. The van der Waals surface area contributed by atoms with E-state index >= 15 is 0 Å². The molecule has 11 heteroatoms. The molecule has 0 aliphatic rings. The van der Waals surface area contributed by atoms with Crippen LogP contribution in [0.5, 0.6) is 0 Å². The maximum atomic E-state index is 12.3. The van der Waals surface area contributed by atoms with Gasteiger partial charge >= 0.3 is 5.97 Å². The summed E-state index contributed by atoms with van der Waals surface area (Å²) in [6.07, 6.45) is 1.38. The Morgan fingerprint density at radius 1 is 1.34 bits per heavy atom. The number of aromatic amines is 1. The lowest BCUT2D eigenvalue weighted by molar-refractivity contribution is -0.113. The van der Waals surface area contributed by atoms with Crippen LogP contribution in [0.2, 0.25) is 0 Å². The van der Waals surface area contributed by atoms with Crippen molar-refractivity contribution in [1.82, 2.24) is 19.7 Å². The fraction of sp³-hybridized carbons (Fsp3) is 0.278. The van der Waals surface area contributed by atoms with Crippen molar-refractivity contribution in [3.05, 3.63) is 46.4 Å². The zero-order valence-corrected chi connectivity index (χ0v) is 16.4. The van der Waals surface area contributed by atoms with Crippen LogP contribution in [0.15, 0.2) is 40.4 Å². The van der Waals surface area contributed by atoms with Crippen LogP contribution in [0.4, 0.5) is 5.69 Å². The molecular weight excluding hydrogens is 398 g/mol. The summed E-state index contributed by atoms with van der Waals surface area (Å²) in [6.45, 7) is 1.99. The zero-order valence-electron chi connectivity index (χ0n) is 15.5. The number of hydrogen-bond acceptors (Lipinski definition) is 8. The number of carbonyl (C=O) groups excluding carboxylic acids is 2. The Hall–Kier alpha value is -3.18. The number of esters is 1. The van der Waals surface area contributed by atoms with E-state index in [-0.39, 0.29) is 47.7 Å². The number of rotatable bonds is 8. The number of thioether (sulfide) groups is 1. The first kappa shape index (κ1) is 20.6. The molecule has 0 radical (unpaired) electrons. The van der Waals surface area contributed by atoms with Gasteiger partial charge in [0, 0.05) is 0 Å². The number of nitrogens with zero attached hydrogens (tertiary/aromatic N) is 3. The summed E-state index contributed by atoms with van der Waals surface area (Å²) in [4.78, 5) is 43.4. The molecule has 29 heavy (non-hydrogen) atoms. The van der Waals surface area contributed by atoms with Crippen molar-refractivity contribution >= 4 is 40.4 Å². The van der Waals surface area contributed by atoms with E-state index in [9.17, 15) is 14.4 Å². The number of amides is 1. The van der Waals surface area contributed by atoms with Crippen molar-refractivity contribution in [2.24, 2.45) is 0 Å². The molecule has 0 atom stereocenters. The van der Waals surface area contributed by atoms with Gasteiger partial charge in [-0.1, -0.05) is 23.9 Å². The number of hydrogen-bond donors (Lipinski definition) is 3. The van der Waals surface area contributed by atoms with E-state index in [0.29, 0.717) is 16.7 Å². The third-order valence-corrected chi connectivity index (χ3v) is 4.71. The second kappa shape index (κ2) is 9.34. The van der Waals surface area contributed by atoms with E-state index in [0.717, 1.165) is 11.8 Å². The summed E-state index contributed by atoms with van der Waals surface area (Å²) in [5.41, 5.74) is 0.552. The first-order valence-electron chi connectivity index (χ1n) is 8.79. The van der Waals surface area contributed by atoms with Crippen molar-refractivity contribution < 1.29 is 19.4 Å². The summed E-state index contributed by atoms with van der Waals surface area (Å²) >= 11 is 1.03. The minimum Gasteiger partial charge on any atom is -0.462 e. The molecule has 0 saturated carbocycles. The number of anilines is 1. The van der Waals surface area contributed by atoms with Gasteiger partial charge in [-0.3, -0.25) is 9.59 Å². The van der Waals surface area contributed by atoms with Gasteiger partial charge in [0.2, 0.25) is 5.91 Å². The average molecular weight is 417 g/mol. The average Bonchev–Trinajstić information content (AvgIpc) is 3.11. The lowest BCUT2D eigenvalue weighted by atomic mass is 10.2. The minimum atomic E-state index is -0.523. The van der Waals surface area contributed by atoms with Crippen LogP contribution in [0.3, 0.4) is 0 Å². The summed E-state index contributed by atoms with van der Waals surface area (Å²) in [6, 6.07) is 6.54. The molecular formula is C18H19N5O5S. The Bertz CT molecular complexity index is 1090. The Morgan fingerprint density at radius 2 is 2.14 bits per heavy atom. The van der Waals surface area contributed by atoms with E-state index in [2.05, 4.69) is 20.4 Å². The monoisotopic (exact) mass is 417 g/mol. The number of fused-ring (bicyclic) bond motifs is 1. The molecule has 0 aliphatic carbocycles. The minimum absolute atomic E-state index is 0.0419. The maximum absolute atomic E-state index is 12.3. The number of ether oxygens (including phenoxy) is 1. The second-order valence-electron chi connectivity index (χ2n) is 5.80. The van der Waals surface area contributed by atoms with Gasteiger partial charge in [-0.05, 0) is 19.1 Å². The number of nitrogens with one attached hydrogen (secondary N) is 2. The molecule has 0 fully saturated rings. The van der Waals surface area contributed by atoms with Crippen molar-refractivity contribution in [1.29, 1.82) is 0 Å². The number of carbonyl (C=O) groups is 2. The fourth-order valence-electron chi connectivity index (χ4n) is 2.57. The van der Waals surface area contributed by atoms with Gasteiger partial charge in [0.15, 0.2) is 10.8 Å². The van der Waals surface area contributed by atoms with Gasteiger partial charge in [0.1, 0.15) is 5.39 Å². The molecule has 2 aromatic heterocycles. The number of benzene rings is 1. The van der Waals surface area contributed by atoms with E-state index in [4.69, 9.17) is 9.84 Å². The number of aliphatic hydroxyl groups excluding tert-OH is 1. The quantitative estimate of drug-likeness (QED) is 0.280. The van der Waals surface area contributed by atoms with Gasteiger partial charge in [-0.2, -0.15) is 5.10 Å². The van der Waals surface area contributed by atoms with Gasteiger partial charge in [-0.15, -0.1) is 0 Å². The Morgan fingerprint density at radius 3 is 2.90 bits per heavy atom. The highest BCUT2D eigenvalue weighted by molar-refractivity contribution is 7.99. The van der Waals surface area contributed by atoms with Crippen molar-refractivity contribution in [3.63, 3.8) is 0 Å². The van der Waals surface area contributed by atoms with Crippen LogP contribution in [-0.4, -0.2) is 55.7 Å². The van der Waals surface area contributed by atoms with E-state index in [1.165, 1.54) is 10.9 Å². The highest BCUT2D eigenvalue weighted by Crippen LogP contribution is 2.19. The molecule has 1 amide bonds. The van der Waals surface area contributed by atoms with Crippen LogP contribution < -0.4 is 10.9 Å². The standard InChI is InChI=1S/C18H19N5O5S/c1-2-28-17(27)11-5-3-4-6-13(11)20-14(25)10-29-18-21-15-12(16(26)22-18)9-19-23(15)7-8-24/h3-6,9,24H,2,7-8,10H2,1H3,(H,20,25)(H,21,22,26). The lowest BCUT2D eigenvalue weighted by Gasteiger charge is -2.10. The third kappa shape index (κ3) is 4.81. The highest BCUT2D eigenvalue weighted by Gasteiger charge is 2.15. The fourth-order valence-corrected chi connectivity index (χ4v) is 3.23. The highest BCUT2D eigenvalue weighted by atomic mass is 32.2. The van der Waals surface area contributed by atoms with Crippen molar-refractivity contribution in [3.8, 4) is 0 Å². The molecule has 0 aliphatic heterocycles. The predicted molar refractivity (Wildman–Crippen MR) is 107 cm³/mol. The molecule has 10 nitrogen and oxygen atoms in total. The van der Waals surface area contributed by atoms with Gasteiger partial charge in [-0.25, -0.2) is 14.5 Å². The van der Waals surface area contributed by atoms with Crippen molar-refractivity contribution in [2.45, 2.75) is 18.6 Å².